The summed E-state index contributed by atoms with van der Waals surface area (Å²) in [6.07, 6.45) is 1.15. The van der Waals surface area contributed by atoms with Crippen LogP contribution in [0.15, 0.2) is 24.3 Å². The Labute approximate surface area is 101 Å². The van der Waals surface area contributed by atoms with E-state index >= 15 is 0 Å². The van der Waals surface area contributed by atoms with Gasteiger partial charge in [-0.3, -0.25) is 0 Å². The molecule has 16 heavy (non-hydrogen) atoms. The van der Waals surface area contributed by atoms with Gasteiger partial charge in [0.05, 0.1) is 0 Å². The van der Waals surface area contributed by atoms with E-state index in [9.17, 15) is 0 Å². The second kappa shape index (κ2) is 5.64. The number of hydrogen-bond acceptors (Lipinski definition) is 1. The maximum Gasteiger partial charge on any atom is 0.0446 e. The minimum atomic E-state index is -0.993. The third-order valence-electron chi connectivity index (χ3n) is 3.00. The first-order valence-electron chi connectivity index (χ1n) is 6.17. The summed E-state index contributed by atoms with van der Waals surface area (Å²) in [5, 5.41) is 0. The first-order chi connectivity index (χ1) is 7.42. The predicted molar refractivity (Wildman–Crippen MR) is 75.6 cm³/mol. The topological polar surface area (TPSA) is 26.0 Å². The molecule has 0 saturated heterocycles. The SMILES string of the molecule is Cc1ccccc1CC(CN)C[Si](C)(C)C. The molecule has 1 aromatic carbocycles. The molecule has 0 fully saturated rings. The fourth-order valence-corrected chi connectivity index (χ4v) is 4.30. The molecular weight excluding hydrogens is 210 g/mol. The quantitative estimate of drug-likeness (QED) is 0.777. The van der Waals surface area contributed by atoms with E-state index in [0.29, 0.717) is 5.92 Å². The van der Waals surface area contributed by atoms with E-state index in [2.05, 4.69) is 50.8 Å². The Hall–Kier alpha value is -0.603. The number of benzene rings is 1. The number of rotatable bonds is 5. The highest BCUT2D eigenvalue weighted by Gasteiger charge is 2.20. The summed E-state index contributed by atoms with van der Waals surface area (Å²) in [6.45, 7) is 10.3. The van der Waals surface area contributed by atoms with Crippen molar-refractivity contribution in [3.63, 3.8) is 0 Å². The minimum absolute atomic E-state index is 0.660. The molecule has 1 atom stereocenters. The van der Waals surface area contributed by atoms with Crippen LogP contribution in [0.4, 0.5) is 0 Å². The number of nitrogens with two attached hydrogens (primary N) is 1. The zero-order valence-corrected chi connectivity index (χ0v) is 12.1. The van der Waals surface area contributed by atoms with Gasteiger partial charge in [0, 0.05) is 8.07 Å². The molecule has 90 valence electrons. The highest BCUT2D eigenvalue weighted by Crippen LogP contribution is 2.21. The van der Waals surface area contributed by atoms with E-state index in [0.717, 1.165) is 13.0 Å². The summed E-state index contributed by atoms with van der Waals surface area (Å²) in [7, 11) is -0.993. The lowest BCUT2D eigenvalue weighted by Crippen LogP contribution is -2.29. The van der Waals surface area contributed by atoms with Gasteiger partial charge in [0.15, 0.2) is 0 Å². The third kappa shape index (κ3) is 4.50. The third-order valence-corrected chi connectivity index (χ3v) is 4.81. The van der Waals surface area contributed by atoms with Crippen molar-refractivity contribution < 1.29 is 0 Å². The van der Waals surface area contributed by atoms with Gasteiger partial charge in [-0.1, -0.05) is 50.0 Å². The molecule has 1 aromatic rings. The monoisotopic (exact) mass is 235 g/mol. The summed E-state index contributed by atoms with van der Waals surface area (Å²) in [6, 6.07) is 10.00. The lowest BCUT2D eigenvalue weighted by molar-refractivity contribution is 0.582. The second-order valence-corrected chi connectivity index (χ2v) is 11.5. The molecular formula is C14H25NSi. The van der Waals surface area contributed by atoms with E-state index in [1.54, 1.807) is 0 Å². The Bertz CT molecular complexity index is 328. The summed E-state index contributed by atoms with van der Waals surface area (Å²) < 4.78 is 0. The molecule has 0 heterocycles. The van der Waals surface area contributed by atoms with Crippen molar-refractivity contribution in [2.24, 2.45) is 11.7 Å². The van der Waals surface area contributed by atoms with Crippen molar-refractivity contribution in [1.29, 1.82) is 0 Å². The molecule has 1 unspecified atom stereocenters. The van der Waals surface area contributed by atoms with Gasteiger partial charge in [-0.2, -0.15) is 0 Å². The Morgan fingerprint density at radius 1 is 1.19 bits per heavy atom. The molecule has 2 heteroatoms. The van der Waals surface area contributed by atoms with Crippen LogP contribution in [0.25, 0.3) is 0 Å². The average molecular weight is 235 g/mol. The molecule has 0 aliphatic carbocycles. The molecule has 1 nitrogen and oxygen atoms in total. The van der Waals surface area contributed by atoms with Gasteiger partial charge < -0.3 is 5.73 Å². The van der Waals surface area contributed by atoms with Crippen LogP contribution in [0.3, 0.4) is 0 Å². The molecule has 0 aliphatic heterocycles. The second-order valence-electron chi connectivity index (χ2n) is 6.00. The van der Waals surface area contributed by atoms with Crippen LogP contribution in [0.2, 0.25) is 25.7 Å². The van der Waals surface area contributed by atoms with Gasteiger partial charge in [0.25, 0.3) is 0 Å². The molecule has 0 spiro atoms. The molecule has 0 aliphatic rings. The first-order valence-corrected chi connectivity index (χ1v) is 9.87. The molecule has 0 aromatic heterocycles. The maximum atomic E-state index is 5.90. The maximum absolute atomic E-state index is 5.90. The predicted octanol–water partition coefficient (Wildman–Crippen LogP) is 3.45. The van der Waals surface area contributed by atoms with Crippen LogP contribution < -0.4 is 5.73 Å². The average Bonchev–Trinajstić information content (AvgIpc) is 2.18. The lowest BCUT2D eigenvalue weighted by Gasteiger charge is -2.24. The van der Waals surface area contributed by atoms with Gasteiger partial charge in [0.2, 0.25) is 0 Å². The van der Waals surface area contributed by atoms with Gasteiger partial charge in [-0.15, -0.1) is 0 Å². The number of hydrogen-bond donors (Lipinski definition) is 1. The summed E-state index contributed by atoms with van der Waals surface area (Å²) >= 11 is 0. The standard InChI is InChI=1S/C14H25NSi/c1-12-7-5-6-8-14(12)9-13(10-15)11-16(2,3)4/h5-8,13H,9-11,15H2,1-4H3. The summed E-state index contributed by atoms with van der Waals surface area (Å²) in [4.78, 5) is 0. The molecule has 1 rings (SSSR count). The van der Waals surface area contributed by atoms with Gasteiger partial charge in [-0.05, 0) is 36.9 Å². The Balaban J connectivity index is 2.67. The molecule has 0 saturated carbocycles. The van der Waals surface area contributed by atoms with Crippen molar-refractivity contribution in [3.8, 4) is 0 Å². The smallest absolute Gasteiger partial charge is 0.0446 e. The van der Waals surface area contributed by atoms with E-state index in [1.807, 2.05) is 0 Å². The van der Waals surface area contributed by atoms with Crippen LogP contribution in [0.5, 0.6) is 0 Å². The highest BCUT2D eigenvalue weighted by molar-refractivity contribution is 6.76. The van der Waals surface area contributed by atoms with Crippen molar-refractivity contribution in [1.82, 2.24) is 0 Å². The first kappa shape index (κ1) is 13.5. The fraction of sp³-hybridized carbons (Fsp3) is 0.571. The normalized spacial score (nSPS) is 13.8. The van der Waals surface area contributed by atoms with Crippen molar-refractivity contribution in [2.45, 2.75) is 39.0 Å². The molecule has 0 bridgehead atoms. The minimum Gasteiger partial charge on any atom is -0.330 e. The van der Waals surface area contributed by atoms with Gasteiger partial charge in [-0.25, -0.2) is 0 Å². The Morgan fingerprint density at radius 2 is 1.81 bits per heavy atom. The lowest BCUT2D eigenvalue weighted by atomic mass is 9.97. The molecule has 2 N–H and O–H groups in total. The van der Waals surface area contributed by atoms with E-state index in [1.165, 1.54) is 17.2 Å². The molecule has 0 amide bonds. The van der Waals surface area contributed by atoms with Crippen molar-refractivity contribution in [3.05, 3.63) is 35.4 Å². The van der Waals surface area contributed by atoms with E-state index in [4.69, 9.17) is 5.73 Å². The van der Waals surface area contributed by atoms with Gasteiger partial charge >= 0.3 is 0 Å². The van der Waals surface area contributed by atoms with E-state index in [-0.39, 0.29) is 0 Å². The zero-order valence-electron chi connectivity index (χ0n) is 11.1. The molecule has 0 radical (unpaired) electrons. The zero-order chi connectivity index (χ0) is 12.2. The van der Waals surface area contributed by atoms with Crippen LogP contribution in [-0.2, 0) is 6.42 Å². The van der Waals surface area contributed by atoms with Crippen molar-refractivity contribution in [2.75, 3.05) is 6.54 Å². The van der Waals surface area contributed by atoms with E-state index < -0.39 is 8.07 Å². The fourth-order valence-electron chi connectivity index (χ4n) is 2.25. The van der Waals surface area contributed by atoms with Crippen molar-refractivity contribution >= 4 is 8.07 Å². The summed E-state index contributed by atoms with van der Waals surface area (Å²) in [5.74, 6) is 0.660. The Kier molecular flexibility index (Phi) is 4.75. The Morgan fingerprint density at radius 3 is 2.31 bits per heavy atom. The van der Waals surface area contributed by atoms with Crippen LogP contribution in [-0.4, -0.2) is 14.6 Å². The van der Waals surface area contributed by atoms with Crippen LogP contribution >= 0.6 is 0 Å². The number of aryl methyl sites for hydroxylation is 1. The largest absolute Gasteiger partial charge is 0.330 e. The summed E-state index contributed by atoms with van der Waals surface area (Å²) in [5.41, 5.74) is 8.77. The van der Waals surface area contributed by atoms with Gasteiger partial charge in [0.1, 0.15) is 0 Å². The van der Waals surface area contributed by atoms with Crippen LogP contribution in [0.1, 0.15) is 11.1 Å². The highest BCUT2D eigenvalue weighted by atomic mass is 28.3. The van der Waals surface area contributed by atoms with Crippen LogP contribution in [0, 0.1) is 12.8 Å².